The number of rotatable bonds is 5. The highest BCUT2D eigenvalue weighted by Crippen LogP contribution is 2.27. The van der Waals surface area contributed by atoms with E-state index < -0.39 is 10.0 Å². The topological polar surface area (TPSA) is 80.2 Å². The molecule has 0 radical (unpaired) electrons. The quantitative estimate of drug-likeness (QED) is 0.745. The lowest BCUT2D eigenvalue weighted by Gasteiger charge is -2.26. The van der Waals surface area contributed by atoms with Crippen LogP contribution in [-0.4, -0.2) is 64.6 Å². The highest BCUT2D eigenvalue weighted by Gasteiger charge is 2.27. The summed E-state index contributed by atoms with van der Waals surface area (Å²) >= 11 is 6.17. The van der Waals surface area contributed by atoms with Gasteiger partial charge in [-0.05, 0) is 37.5 Å². The first kappa shape index (κ1) is 19.6. The number of hydrogen-bond acceptors (Lipinski definition) is 4. The lowest BCUT2D eigenvalue weighted by atomic mass is 10.1. The molecule has 0 saturated carbocycles. The Kier molecular flexibility index (Phi) is 6.52. The molecule has 2 heterocycles. The molecule has 7 nitrogen and oxygen atoms in total. The lowest BCUT2D eigenvalue weighted by Crippen LogP contribution is -3.13. The number of carbonyl (C=O) groups excluding carboxylic acids is 1. The average Bonchev–Trinajstić information content (AvgIpc) is 2.65. The van der Waals surface area contributed by atoms with Crippen LogP contribution in [0.15, 0.2) is 23.1 Å². The zero-order valence-electron chi connectivity index (χ0n) is 14.7. The van der Waals surface area contributed by atoms with Crippen LogP contribution < -0.4 is 10.2 Å². The molecule has 2 fully saturated rings. The molecule has 0 unspecified atom stereocenters. The van der Waals surface area contributed by atoms with Crippen LogP contribution in [0.25, 0.3) is 0 Å². The van der Waals surface area contributed by atoms with E-state index >= 15 is 0 Å². The average molecular weight is 403 g/mol. The molecule has 0 aliphatic carbocycles. The van der Waals surface area contributed by atoms with E-state index in [1.807, 2.05) is 0 Å². The van der Waals surface area contributed by atoms with Gasteiger partial charge in [0.25, 0.3) is 5.91 Å². The number of ether oxygens (including phenoxy) is 1. The van der Waals surface area contributed by atoms with Crippen molar-refractivity contribution in [2.24, 2.45) is 0 Å². The second kappa shape index (κ2) is 8.67. The van der Waals surface area contributed by atoms with Gasteiger partial charge in [-0.25, -0.2) is 8.42 Å². The molecule has 144 valence electrons. The Bertz CT molecular complexity index is 744. The Labute approximate surface area is 159 Å². The Morgan fingerprint density at radius 3 is 2.58 bits per heavy atom. The number of nitrogens with one attached hydrogen (secondary N) is 2. The zero-order valence-corrected chi connectivity index (χ0v) is 16.2. The SMILES string of the molecule is O=C(C[NH+]1CCCCC1)Nc1cc(S(=O)(=O)N2CCOCC2)ccc1Cl. The van der Waals surface area contributed by atoms with Crippen LogP contribution in [0.3, 0.4) is 0 Å². The van der Waals surface area contributed by atoms with Gasteiger partial charge in [0.15, 0.2) is 6.54 Å². The Morgan fingerprint density at radius 2 is 1.88 bits per heavy atom. The summed E-state index contributed by atoms with van der Waals surface area (Å²) < 4.78 is 32.1. The molecule has 9 heteroatoms. The summed E-state index contributed by atoms with van der Waals surface area (Å²) in [6.07, 6.45) is 3.49. The van der Waals surface area contributed by atoms with Gasteiger partial charge in [-0.1, -0.05) is 11.6 Å². The normalized spacial score (nSPS) is 20.0. The van der Waals surface area contributed by atoms with Gasteiger partial charge in [0.05, 0.1) is 41.9 Å². The minimum atomic E-state index is -3.63. The van der Waals surface area contributed by atoms with E-state index in [0.29, 0.717) is 43.6 Å². The first-order chi connectivity index (χ1) is 12.5. The predicted octanol–water partition coefficient (Wildman–Crippen LogP) is 0.368. The summed E-state index contributed by atoms with van der Waals surface area (Å²) in [6.45, 7) is 3.77. The van der Waals surface area contributed by atoms with Crippen LogP contribution >= 0.6 is 11.6 Å². The summed E-state index contributed by atoms with van der Waals surface area (Å²) in [5.74, 6) is -0.148. The molecule has 0 spiro atoms. The summed E-state index contributed by atoms with van der Waals surface area (Å²) in [5, 5.41) is 3.10. The van der Waals surface area contributed by atoms with Crippen molar-refractivity contribution in [3.8, 4) is 0 Å². The van der Waals surface area contributed by atoms with Crippen molar-refractivity contribution in [2.45, 2.75) is 24.2 Å². The van der Waals surface area contributed by atoms with E-state index in [1.54, 1.807) is 0 Å². The first-order valence-electron chi connectivity index (χ1n) is 8.98. The van der Waals surface area contributed by atoms with Crippen LogP contribution in [-0.2, 0) is 19.6 Å². The molecule has 2 N–H and O–H groups in total. The number of quaternary nitrogens is 1. The summed E-state index contributed by atoms with van der Waals surface area (Å²) in [4.78, 5) is 13.7. The van der Waals surface area contributed by atoms with Crippen LogP contribution in [0.2, 0.25) is 5.02 Å². The third-order valence-corrected chi connectivity index (χ3v) is 7.02. The number of hydrogen-bond donors (Lipinski definition) is 2. The van der Waals surface area contributed by atoms with Crippen LogP contribution in [0.5, 0.6) is 0 Å². The number of carbonyl (C=O) groups is 1. The molecular weight excluding hydrogens is 378 g/mol. The summed E-state index contributed by atoms with van der Waals surface area (Å²) in [6, 6.07) is 4.42. The molecule has 26 heavy (non-hydrogen) atoms. The molecule has 2 aliphatic rings. The van der Waals surface area contributed by atoms with Crippen molar-refractivity contribution in [2.75, 3.05) is 51.3 Å². The van der Waals surface area contributed by atoms with E-state index in [2.05, 4.69) is 5.32 Å². The number of piperidine rings is 1. The Morgan fingerprint density at radius 1 is 1.19 bits per heavy atom. The number of amides is 1. The number of likely N-dealkylation sites (tertiary alicyclic amines) is 1. The molecular formula is C17H25ClN3O4S+. The summed E-state index contributed by atoms with van der Waals surface area (Å²) in [7, 11) is -3.63. The number of halogens is 1. The van der Waals surface area contributed by atoms with E-state index in [9.17, 15) is 13.2 Å². The molecule has 0 aromatic heterocycles. The second-order valence-corrected chi connectivity index (χ2v) is 9.04. The highest BCUT2D eigenvalue weighted by molar-refractivity contribution is 7.89. The third kappa shape index (κ3) is 4.75. The number of morpholine rings is 1. The second-order valence-electron chi connectivity index (χ2n) is 6.69. The molecule has 0 atom stereocenters. The van der Waals surface area contributed by atoms with Crippen molar-refractivity contribution in [1.82, 2.24) is 4.31 Å². The molecule has 1 aromatic rings. The minimum Gasteiger partial charge on any atom is -0.379 e. The van der Waals surface area contributed by atoms with E-state index in [4.69, 9.17) is 16.3 Å². The van der Waals surface area contributed by atoms with Gasteiger partial charge in [0, 0.05) is 13.1 Å². The molecule has 1 aromatic carbocycles. The third-order valence-electron chi connectivity index (χ3n) is 4.79. The van der Waals surface area contributed by atoms with Gasteiger partial charge in [-0.2, -0.15) is 4.31 Å². The number of nitrogens with zero attached hydrogens (tertiary/aromatic N) is 1. The van der Waals surface area contributed by atoms with Gasteiger partial charge in [0.1, 0.15) is 0 Å². The van der Waals surface area contributed by atoms with Gasteiger partial charge in [0.2, 0.25) is 10.0 Å². The number of sulfonamides is 1. The van der Waals surface area contributed by atoms with Gasteiger partial charge < -0.3 is 15.0 Å². The van der Waals surface area contributed by atoms with Crippen molar-refractivity contribution in [1.29, 1.82) is 0 Å². The number of benzene rings is 1. The van der Waals surface area contributed by atoms with Crippen molar-refractivity contribution in [3.05, 3.63) is 23.2 Å². The van der Waals surface area contributed by atoms with E-state index in [0.717, 1.165) is 25.9 Å². The van der Waals surface area contributed by atoms with Gasteiger partial charge in [-0.15, -0.1) is 0 Å². The fourth-order valence-corrected chi connectivity index (χ4v) is 4.95. The smallest absolute Gasteiger partial charge is 0.279 e. The lowest BCUT2D eigenvalue weighted by molar-refractivity contribution is -0.896. The molecule has 1 amide bonds. The van der Waals surface area contributed by atoms with Crippen LogP contribution in [0.4, 0.5) is 5.69 Å². The predicted molar refractivity (Wildman–Crippen MR) is 99.1 cm³/mol. The fourth-order valence-electron chi connectivity index (χ4n) is 3.35. The van der Waals surface area contributed by atoms with Gasteiger partial charge >= 0.3 is 0 Å². The maximum absolute atomic E-state index is 12.8. The van der Waals surface area contributed by atoms with Crippen molar-refractivity contribution in [3.63, 3.8) is 0 Å². The number of anilines is 1. The largest absolute Gasteiger partial charge is 0.379 e. The van der Waals surface area contributed by atoms with Crippen LogP contribution in [0, 0.1) is 0 Å². The van der Waals surface area contributed by atoms with E-state index in [-0.39, 0.29) is 10.8 Å². The van der Waals surface area contributed by atoms with Crippen molar-refractivity contribution >= 4 is 33.2 Å². The standard InChI is InChI=1S/C17H24ClN3O4S/c18-15-5-4-14(26(23,24)21-8-10-25-11-9-21)12-16(15)19-17(22)13-20-6-2-1-3-7-20/h4-5,12H,1-3,6-11,13H2,(H,19,22)/p+1. The zero-order chi connectivity index (χ0) is 18.6. The first-order valence-corrected chi connectivity index (χ1v) is 10.8. The van der Waals surface area contributed by atoms with Crippen LogP contribution in [0.1, 0.15) is 19.3 Å². The maximum atomic E-state index is 12.8. The monoisotopic (exact) mass is 402 g/mol. The molecule has 0 bridgehead atoms. The molecule has 3 rings (SSSR count). The molecule has 2 aliphatic heterocycles. The Balaban J connectivity index is 1.71. The fraction of sp³-hybridized carbons (Fsp3) is 0.588. The summed E-state index contributed by atoms with van der Waals surface area (Å²) in [5.41, 5.74) is 0.336. The van der Waals surface area contributed by atoms with Gasteiger partial charge in [-0.3, -0.25) is 4.79 Å². The van der Waals surface area contributed by atoms with Crippen molar-refractivity contribution < 1.29 is 22.8 Å². The minimum absolute atomic E-state index is 0.129. The highest BCUT2D eigenvalue weighted by atomic mass is 35.5. The molecule has 2 saturated heterocycles. The van der Waals surface area contributed by atoms with E-state index in [1.165, 1.54) is 33.8 Å². The Hall–Kier alpha value is -1.19. The maximum Gasteiger partial charge on any atom is 0.279 e.